The molecule has 0 radical (unpaired) electrons. The summed E-state index contributed by atoms with van der Waals surface area (Å²) in [4.78, 5) is 0. The summed E-state index contributed by atoms with van der Waals surface area (Å²) >= 11 is 0. The van der Waals surface area contributed by atoms with Gasteiger partial charge in [0.2, 0.25) is 0 Å². The summed E-state index contributed by atoms with van der Waals surface area (Å²) in [5.74, 6) is 0. The van der Waals surface area contributed by atoms with Crippen molar-refractivity contribution in [3.63, 3.8) is 0 Å². The fourth-order valence-electron chi connectivity index (χ4n) is 3.59. The van der Waals surface area contributed by atoms with Crippen LogP contribution in [0.25, 0.3) is 0 Å². The highest BCUT2D eigenvalue weighted by molar-refractivity contribution is 5.14. The van der Waals surface area contributed by atoms with Gasteiger partial charge >= 0.3 is 0 Å². The van der Waals surface area contributed by atoms with Gasteiger partial charge in [-0.25, -0.2) is 0 Å². The zero-order valence-corrected chi connectivity index (χ0v) is 18.1. The van der Waals surface area contributed by atoms with Crippen molar-refractivity contribution in [1.82, 2.24) is 0 Å². The first-order valence-corrected chi connectivity index (χ1v) is 11.8. The summed E-state index contributed by atoms with van der Waals surface area (Å²) < 4.78 is 5.43. The monoisotopic (exact) mass is 391 g/mol. The molecule has 0 fully saturated rings. The Kier molecular flexibility index (Phi) is 17.4. The Morgan fingerprint density at radius 2 is 1.14 bits per heavy atom. The molecular weight excluding hydrogens is 346 g/mol. The molecule has 0 saturated carbocycles. The first kappa shape index (κ1) is 25.1. The molecule has 0 bridgehead atoms. The van der Waals surface area contributed by atoms with E-state index in [1.807, 2.05) is 0 Å². The molecule has 0 heterocycles. The minimum absolute atomic E-state index is 0.00869. The van der Waals surface area contributed by atoms with Crippen LogP contribution in [0.15, 0.2) is 30.3 Å². The van der Waals surface area contributed by atoms with Crippen LogP contribution in [0.5, 0.6) is 0 Å². The lowest BCUT2D eigenvalue weighted by molar-refractivity contribution is 0.0980. The second kappa shape index (κ2) is 19.4. The maximum absolute atomic E-state index is 8.80. The number of nitrogens with two attached hydrogens (primary N) is 1. The highest BCUT2D eigenvalue weighted by Gasteiger charge is 1.99. The second-order valence-corrected chi connectivity index (χ2v) is 8.20. The summed E-state index contributed by atoms with van der Waals surface area (Å²) in [5, 5.41) is 8.80. The molecule has 0 amide bonds. The molecule has 3 heteroatoms. The van der Waals surface area contributed by atoms with Crippen LogP contribution in [0.4, 0.5) is 0 Å². The van der Waals surface area contributed by atoms with Gasteiger partial charge in [-0.1, -0.05) is 107 Å². The number of aryl methyl sites for hydroxylation is 1. The Morgan fingerprint density at radius 1 is 0.679 bits per heavy atom. The first-order chi connectivity index (χ1) is 13.8. The van der Waals surface area contributed by atoms with Crippen molar-refractivity contribution in [2.24, 2.45) is 5.73 Å². The average Bonchev–Trinajstić information content (AvgIpc) is 2.73. The van der Waals surface area contributed by atoms with Crippen LogP contribution in [0.1, 0.15) is 95.5 Å². The highest BCUT2D eigenvalue weighted by atomic mass is 16.5. The van der Waals surface area contributed by atoms with Crippen LogP contribution < -0.4 is 5.73 Å². The van der Waals surface area contributed by atoms with E-state index in [1.54, 1.807) is 0 Å². The molecule has 0 aliphatic rings. The molecule has 0 aliphatic carbocycles. The van der Waals surface area contributed by atoms with Crippen LogP contribution in [0, 0.1) is 0 Å². The lowest BCUT2D eigenvalue weighted by atomic mass is 10.0. The Balaban J connectivity index is 1.69. The van der Waals surface area contributed by atoms with Gasteiger partial charge in [0.1, 0.15) is 0 Å². The molecule has 3 nitrogen and oxygen atoms in total. The molecule has 3 N–H and O–H groups in total. The minimum Gasteiger partial charge on any atom is -0.395 e. The number of aliphatic hydroxyl groups excluding tert-OH is 1. The quantitative estimate of drug-likeness (QED) is 0.267. The van der Waals surface area contributed by atoms with Crippen molar-refractivity contribution < 1.29 is 9.84 Å². The third kappa shape index (κ3) is 16.1. The number of benzene rings is 1. The molecular formula is C25H45NO2. The molecule has 1 aromatic carbocycles. The predicted molar refractivity (Wildman–Crippen MR) is 121 cm³/mol. The van der Waals surface area contributed by atoms with Crippen molar-refractivity contribution in [3.8, 4) is 0 Å². The van der Waals surface area contributed by atoms with Gasteiger partial charge in [-0.3, -0.25) is 0 Å². The largest absolute Gasteiger partial charge is 0.395 e. The Bertz CT molecular complexity index is 424. The fraction of sp³-hybridized carbons (Fsp3) is 0.760. The van der Waals surface area contributed by atoms with E-state index in [-0.39, 0.29) is 12.6 Å². The SMILES string of the molecule is N[C@@H](CO)COCCCCCCCCCCCCCCCCc1ccccc1. The van der Waals surface area contributed by atoms with Crippen LogP contribution in [-0.2, 0) is 11.2 Å². The van der Waals surface area contributed by atoms with Crippen molar-refractivity contribution in [2.75, 3.05) is 19.8 Å². The maximum Gasteiger partial charge on any atom is 0.0639 e. The van der Waals surface area contributed by atoms with Crippen molar-refractivity contribution >= 4 is 0 Å². The van der Waals surface area contributed by atoms with E-state index in [0.29, 0.717) is 6.61 Å². The normalized spacial score (nSPS) is 12.4. The Morgan fingerprint density at radius 3 is 1.64 bits per heavy atom. The summed E-state index contributed by atoms with van der Waals surface area (Å²) in [6.07, 6.45) is 20.3. The van der Waals surface area contributed by atoms with E-state index in [2.05, 4.69) is 30.3 Å². The topological polar surface area (TPSA) is 55.5 Å². The smallest absolute Gasteiger partial charge is 0.0639 e. The number of ether oxygens (including phenoxy) is 1. The van der Waals surface area contributed by atoms with Gasteiger partial charge in [0.25, 0.3) is 0 Å². The van der Waals surface area contributed by atoms with Gasteiger partial charge in [0.05, 0.1) is 19.3 Å². The zero-order valence-electron chi connectivity index (χ0n) is 18.1. The first-order valence-electron chi connectivity index (χ1n) is 11.8. The van der Waals surface area contributed by atoms with Gasteiger partial charge in [-0.05, 0) is 24.8 Å². The van der Waals surface area contributed by atoms with Crippen LogP contribution in [0.3, 0.4) is 0 Å². The summed E-state index contributed by atoms with van der Waals surface area (Å²) in [7, 11) is 0. The van der Waals surface area contributed by atoms with E-state index in [9.17, 15) is 0 Å². The molecule has 1 rings (SSSR count). The van der Waals surface area contributed by atoms with Crippen LogP contribution in [0.2, 0.25) is 0 Å². The number of unbranched alkanes of at least 4 members (excludes halogenated alkanes) is 13. The third-order valence-electron chi connectivity index (χ3n) is 5.41. The molecule has 0 unspecified atom stereocenters. The van der Waals surface area contributed by atoms with Crippen molar-refractivity contribution in [2.45, 2.75) is 102 Å². The lowest BCUT2D eigenvalue weighted by Crippen LogP contribution is -2.30. The number of hydrogen-bond donors (Lipinski definition) is 2. The van der Waals surface area contributed by atoms with Gasteiger partial charge in [-0.15, -0.1) is 0 Å². The van der Waals surface area contributed by atoms with E-state index >= 15 is 0 Å². The number of rotatable bonds is 20. The fourth-order valence-corrected chi connectivity index (χ4v) is 3.59. The zero-order chi connectivity index (χ0) is 20.1. The average molecular weight is 392 g/mol. The Labute approximate surface area is 174 Å². The van der Waals surface area contributed by atoms with Gasteiger partial charge in [-0.2, -0.15) is 0 Å². The molecule has 0 aliphatic heterocycles. The summed E-state index contributed by atoms with van der Waals surface area (Å²) in [6.45, 7) is 1.26. The number of hydrogen-bond acceptors (Lipinski definition) is 3. The second-order valence-electron chi connectivity index (χ2n) is 8.20. The van der Waals surface area contributed by atoms with Gasteiger partial charge in [0, 0.05) is 6.61 Å². The predicted octanol–water partition coefficient (Wildman–Crippen LogP) is 6.03. The lowest BCUT2D eigenvalue weighted by Gasteiger charge is -2.08. The molecule has 1 aromatic rings. The van der Waals surface area contributed by atoms with Gasteiger partial charge in [0.15, 0.2) is 0 Å². The molecule has 28 heavy (non-hydrogen) atoms. The van der Waals surface area contributed by atoms with Crippen molar-refractivity contribution in [1.29, 1.82) is 0 Å². The molecule has 1 atom stereocenters. The minimum atomic E-state index is -0.223. The molecule has 162 valence electrons. The van der Waals surface area contributed by atoms with E-state index in [0.717, 1.165) is 13.0 Å². The van der Waals surface area contributed by atoms with E-state index < -0.39 is 0 Å². The number of aliphatic hydroxyl groups is 1. The molecule has 0 spiro atoms. The highest BCUT2D eigenvalue weighted by Crippen LogP contribution is 2.14. The van der Waals surface area contributed by atoms with Crippen LogP contribution in [-0.4, -0.2) is 31.0 Å². The van der Waals surface area contributed by atoms with Crippen molar-refractivity contribution in [3.05, 3.63) is 35.9 Å². The summed E-state index contributed by atoms with van der Waals surface area (Å²) in [6, 6.07) is 10.6. The van der Waals surface area contributed by atoms with Gasteiger partial charge < -0.3 is 15.6 Å². The molecule has 0 aromatic heterocycles. The van der Waals surface area contributed by atoms with E-state index in [1.165, 1.54) is 95.5 Å². The van der Waals surface area contributed by atoms with Crippen LogP contribution >= 0.6 is 0 Å². The summed E-state index contributed by atoms with van der Waals surface area (Å²) in [5.41, 5.74) is 7.07. The third-order valence-corrected chi connectivity index (χ3v) is 5.41. The Hall–Kier alpha value is -0.900. The molecule has 0 saturated heterocycles. The maximum atomic E-state index is 8.80. The van der Waals surface area contributed by atoms with E-state index in [4.69, 9.17) is 15.6 Å². The standard InChI is InChI=1S/C25H45NO2/c26-25(22-27)23-28-21-17-12-10-8-6-4-2-1-3-5-7-9-11-14-18-24-19-15-13-16-20-24/h13,15-16,19-20,25,27H,1-12,14,17-18,21-23,26H2/t25-/m0/s1.